The van der Waals surface area contributed by atoms with E-state index in [0.29, 0.717) is 38.4 Å². The molecule has 2 aromatic rings. The number of nitrogens with one attached hydrogen (secondary N) is 1. The van der Waals surface area contributed by atoms with Crippen molar-refractivity contribution < 1.29 is 18.0 Å². The van der Waals surface area contributed by atoms with Crippen LogP contribution in [-0.2, 0) is 12.7 Å². The fraction of sp³-hybridized carbons (Fsp3) is 0.333. The van der Waals surface area contributed by atoms with Crippen molar-refractivity contribution in [1.82, 2.24) is 15.2 Å². The number of halogens is 3. The molecular weight excluding hydrogens is 345 g/mol. The number of rotatable bonds is 3. The van der Waals surface area contributed by atoms with E-state index in [1.54, 1.807) is 23.2 Å². The fourth-order valence-electron chi connectivity index (χ4n) is 2.83. The number of hydrogen-bond acceptors (Lipinski definition) is 3. The van der Waals surface area contributed by atoms with Crippen molar-refractivity contribution in [1.29, 1.82) is 0 Å². The normalized spacial score (nSPS) is 15.0. The molecule has 3 rings (SSSR count). The zero-order valence-corrected chi connectivity index (χ0v) is 14.0. The van der Waals surface area contributed by atoms with Crippen molar-refractivity contribution in [2.75, 3.05) is 31.1 Å². The summed E-state index contributed by atoms with van der Waals surface area (Å²) in [5.41, 5.74) is 0.627. The summed E-state index contributed by atoms with van der Waals surface area (Å²) in [5.74, 6) is 0. The molecule has 8 heteroatoms. The van der Waals surface area contributed by atoms with Crippen molar-refractivity contribution in [3.8, 4) is 0 Å². The van der Waals surface area contributed by atoms with Crippen LogP contribution in [0.4, 0.5) is 23.7 Å². The summed E-state index contributed by atoms with van der Waals surface area (Å²) in [4.78, 5) is 19.9. The highest BCUT2D eigenvalue weighted by molar-refractivity contribution is 5.74. The van der Waals surface area contributed by atoms with Crippen LogP contribution < -0.4 is 10.2 Å². The lowest BCUT2D eigenvalue weighted by Crippen LogP contribution is -2.51. The largest absolute Gasteiger partial charge is 0.416 e. The van der Waals surface area contributed by atoms with Crippen LogP contribution in [0.1, 0.15) is 11.3 Å². The number of hydrogen-bond donors (Lipinski definition) is 1. The van der Waals surface area contributed by atoms with E-state index in [0.717, 1.165) is 17.8 Å². The number of carbonyl (C=O) groups excluding carboxylic acids is 1. The molecule has 2 amide bonds. The minimum atomic E-state index is -4.36. The Hall–Kier alpha value is -2.77. The number of alkyl halides is 3. The molecule has 5 nitrogen and oxygen atoms in total. The molecule has 0 bridgehead atoms. The highest BCUT2D eigenvalue weighted by atomic mass is 19.4. The van der Waals surface area contributed by atoms with E-state index in [1.165, 1.54) is 6.07 Å². The third kappa shape index (κ3) is 4.44. The zero-order chi connectivity index (χ0) is 18.6. The van der Waals surface area contributed by atoms with Crippen molar-refractivity contribution in [2.45, 2.75) is 12.7 Å². The van der Waals surface area contributed by atoms with Gasteiger partial charge in [0.05, 0.1) is 17.8 Å². The Morgan fingerprint density at radius 1 is 1.08 bits per heavy atom. The zero-order valence-electron chi connectivity index (χ0n) is 14.0. The molecule has 26 heavy (non-hydrogen) atoms. The Morgan fingerprint density at radius 2 is 1.85 bits per heavy atom. The smallest absolute Gasteiger partial charge is 0.368 e. The lowest BCUT2D eigenvalue weighted by Gasteiger charge is -2.36. The summed E-state index contributed by atoms with van der Waals surface area (Å²) in [5, 5.41) is 2.81. The second-order valence-corrected chi connectivity index (χ2v) is 6.00. The fourth-order valence-corrected chi connectivity index (χ4v) is 2.83. The van der Waals surface area contributed by atoms with Crippen molar-refractivity contribution >= 4 is 11.7 Å². The van der Waals surface area contributed by atoms with Gasteiger partial charge in [-0.2, -0.15) is 13.2 Å². The number of amides is 2. The molecule has 0 aliphatic carbocycles. The van der Waals surface area contributed by atoms with Gasteiger partial charge in [0.25, 0.3) is 0 Å². The van der Waals surface area contributed by atoms with E-state index < -0.39 is 11.7 Å². The Bertz CT molecular complexity index is 744. The maximum Gasteiger partial charge on any atom is 0.416 e. The van der Waals surface area contributed by atoms with Crippen LogP contribution in [-0.4, -0.2) is 42.1 Å². The third-order valence-electron chi connectivity index (χ3n) is 4.25. The van der Waals surface area contributed by atoms with Crippen LogP contribution in [0.15, 0.2) is 48.7 Å². The van der Waals surface area contributed by atoms with Crippen LogP contribution in [0.25, 0.3) is 0 Å². The molecule has 0 unspecified atom stereocenters. The van der Waals surface area contributed by atoms with E-state index in [-0.39, 0.29) is 6.03 Å². The van der Waals surface area contributed by atoms with E-state index in [1.807, 2.05) is 17.0 Å². The third-order valence-corrected chi connectivity index (χ3v) is 4.25. The number of carbonyl (C=O) groups is 1. The van der Waals surface area contributed by atoms with E-state index in [2.05, 4.69) is 10.3 Å². The number of nitrogens with zero attached hydrogens (tertiary/aromatic N) is 3. The average molecular weight is 364 g/mol. The molecule has 1 aliphatic heterocycles. The second-order valence-electron chi connectivity index (χ2n) is 6.00. The Balaban J connectivity index is 1.53. The first-order valence-electron chi connectivity index (χ1n) is 8.28. The van der Waals surface area contributed by atoms with Crippen LogP contribution >= 0.6 is 0 Å². The SMILES string of the molecule is O=C(NCc1ccccn1)N1CCN(c2cccc(C(F)(F)F)c2)CC1. The summed E-state index contributed by atoms with van der Waals surface area (Å²) in [6.07, 6.45) is -2.70. The van der Waals surface area contributed by atoms with Crippen molar-refractivity contribution in [3.63, 3.8) is 0 Å². The molecule has 0 atom stereocenters. The number of urea groups is 1. The number of aromatic nitrogens is 1. The number of benzene rings is 1. The predicted molar refractivity (Wildman–Crippen MR) is 91.7 cm³/mol. The molecule has 1 fully saturated rings. The topological polar surface area (TPSA) is 48.5 Å². The highest BCUT2D eigenvalue weighted by Crippen LogP contribution is 2.31. The molecule has 1 aromatic heterocycles. The van der Waals surface area contributed by atoms with Crippen LogP contribution in [0, 0.1) is 0 Å². The number of piperazine rings is 1. The maximum absolute atomic E-state index is 12.8. The first-order chi connectivity index (χ1) is 12.4. The van der Waals surface area contributed by atoms with Gasteiger partial charge in [-0.05, 0) is 30.3 Å². The molecule has 1 aliphatic rings. The molecule has 138 valence electrons. The van der Waals surface area contributed by atoms with E-state index in [9.17, 15) is 18.0 Å². The van der Waals surface area contributed by atoms with Crippen LogP contribution in [0.5, 0.6) is 0 Å². The quantitative estimate of drug-likeness (QED) is 0.910. The first kappa shape index (κ1) is 18.0. The average Bonchev–Trinajstić information content (AvgIpc) is 2.66. The van der Waals surface area contributed by atoms with Gasteiger partial charge in [-0.3, -0.25) is 4.98 Å². The van der Waals surface area contributed by atoms with E-state index >= 15 is 0 Å². The molecule has 0 saturated carbocycles. The lowest BCUT2D eigenvalue weighted by atomic mass is 10.1. The van der Waals surface area contributed by atoms with Gasteiger partial charge >= 0.3 is 12.2 Å². The minimum Gasteiger partial charge on any atom is -0.368 e. The summed E-state index contributed by atoms with van der Waals surface area (Å²) >= 11 is 0. The summed E-state index contributed by atoms with van der Waals surface area (Å²) < 4.78 is 38.5. The summed E-state index contributed by atoms with van der Waals surface area (Å²) in [7, 11) is 0. The van der Waals surface area contributed by atoms with Gasteiger partial charge in [-0.1, -0.05) is 12.1 Å². The Labute approximate surface area is 149 Å². The van der Waals surface area contributed by atoms with Gasteiger partial charge < -0.3 is 15.1 Å². The molecule has 1 N–H and O–H groups in total. The maximum atomic E-state index is 12.8. The standard InChI is InChI=1S/C18H19F3N4O/c19-18(20,21)14-4-3-6-16(12-14)24-8-10-25(11-9-24)17(26)23-13-15-5-1-2-7-22-15/h1-7,12H,8-11,13H2,(H,23,26). The molecule has 0 spiro atoms. The Morgan fingerprint density at radius 3 is 2.50 bits per heavy atom. The predicted octanol–water partition coefficient (Wildman–Crippen LogP) is 3.13. The van der Waals surface area contributed by atoms with Gasteiger partial charge in [-0.15, -0.1) is 0 Å². The van der Waals surface area contributed by atoms with E-state index in [4.69, 9.17) is 0 Å². The Kier molecular flexibility index (Phi) is 5.29. The monoisotopic (exact) mass is 364 g/mol. The number of anilines is 1. The van der Waals surface area contributed by atoms with Crippen molar-refractivity contribution in [2.24, 2.45) is 0 Å². The van der Waals surface area contributed by atoms with Gasteiger partial charge in [-0.25, -0.2) is 4.79 Å². The first-order valence-corrected chi connectivity index (χ1v) is 8.28. The molecule has 0 radical (unpaired) electrons. The van der Waals surface area contributed by atoms with Crippen LogP contribution in [0.3, 0.4) is 0 Å². The summed E-state index contributed by atoms with van der Waals surface area (Å²) in [6.45, 7) is 2.21. The molecule has 1 saturated heterocycles. The second kappa shape index (κ2) is 7.63. The molecule has 1 aromatic carbocycles. The lowest BCUT2D eigenvalue weighted by molar-refractivity contribution is -0.137. The number of pyridine rings is 1. The molecule has 2 heterocycles. The molecular formula is C18H19F3N4O. The van der Waals surface area contributed by atoms with Gasteiger partial charge in [0.2, 0.25) is 0 Å². The van der Waals surface area contributed by atoms with Crippen molar-refractivity contribution in [3.05, 3.63) is 59.9 Å². The van der Waals surface area contributed by atoms with Crippen LogP contribution in [0.2, 0.25) is 0 Å². The van der Waals surface area contributed by atoms with Gasteiger partial charge in [0.15, 0.2) is 0 Å². The van der Waals surface area contributed by atoms with Gasteiger partial charge in [0.1, 0.15) is 0 Å². The summed E-state index contributed by atoms with van der Waals surface area (Å²) in [6, 6.07) is 10.6. The minimum absolute atomic E-state index is 0.195. The van der Waals surface area contributed by atoms with Gasteiger partial charge in [0, 0.05) is 38.1 Å². The highest BCUT2D eigenvalue weighted by Gasteiger charge is 2.31.